The van der Waals surface area contributed by atoms with Crippen molar-refractivity contribution < 1.29 is 9.47 Å². The van der Waals surface area contributed by atoms with E-state index in [1.807, 2.05) is 50.6 Å². The number of ether oxygens (including phenoxy) is 2. The smallest absolute Gasteiger partial charge is 0.225 e. The molecule has 8 heteroatoms. The summed E-state index contributed by atoms with van der Waals surface area (Å²) in [6.45, 7) is 6.10. The number of hydrogen-bond donors (Lipinski definition) is 0. The number of methoxy groups -OCH3 is 1. The van der Waals surface area contributed by atoms with Gasteiger partial charge in [0.2, 0.25) is 5.95 Å². The van der Waals surface area contributed by atoms with E-state index in [1.54, 1.807) is 13.4 Å². The number of rotatable bonds is 9. The van der Waals surface area contributed by atoms with E-state index in [0.717, 1.165) is 60.1 Å². The minimum atomic E-state index is 0.322. The first-order valence-electron chi connectivity index (χ1n) is 11.3. The fourth-order valence-corrected chi connectivity index (χ4v) is 4.29. The first-order valence-corrected chi connectivity index (χ1v) is 11.3. The molecule has 1 aliphatic rings. The number of nitrogens with zero attached hydrogens (tertiary/aromatic N) is 6. The van der Waals surface area contributed by atoms with Crippen LogP contribution in [-0.2, 0) is 17.9 Å². The molecule has 0 spiro atoms. The molecule has 3 aromatic rings. The molecule has 0 saturated carbocycles. The summed E-state index contributed by atoms with van der Waals surface area (Å²) in [4.78, 5) is 22.3. The molecule has 3 heterocycles. The number of aromatic nitrogens is 4. The molecule has 8 nitrogen and oxygen atoms in total. The third-order valence-corrected chi connectivity index (χ3v) is 5.95. The Morgan fingerprint density at radius 3 is 2.70 bits per heavy atom. The van der Waals surface area contributed by atoms with Crippen LogP contribution in [0.5, 0.6) is 5.75 Å². The highest BCUT2D eigenvalue weighted by molar-refractivity contribution is 5.65. The molecule has 1 aromatic carbocycles. The zero-order valence-corrected chi connectivity index (χ0v) is 19.9. The zero-order chi connectivity index (χ0) is 23.2. The van der Waals surface area contributed by atoms with Gasteiger partial charge in [-0.15, -0.1) is 0 Å². The van der Waals surface area contributed by atoms with Crippen molar-refractivity contribution in [2.45, 2.75) is 32.4 Å². The van der Waals surface area contributed by atoms with E-state index in [1.165, 1.54) is 5.56 Å². The predicted octanol–water partition coefficient (Wildman–Crippen LogP) is 3.53. The minimum Gasteiger partial charge on any atom is -0.496 e. The van der Waals surface area contributed by atoms with Gasteiger partial charge in [0.1, 0.15) is 12.1 Å². The molecule has 4 rings (SSSR count). The van der Waals surface area contributed by atoms with Crippen molar-refractivity contribution >= 4 is 5.95 Å². The van der Waals surface area contributed by atoms with E-state index in [4.69, 9.17) is 14.5 Å². The molecule has 1 aliphatic heterocycles. The number of hydrogen-bond acceptors (Lipinski definition) is 8. The Bertz CT molecular complexity index is 1060. The van der Waals surface area contributed by atoms with Crippen molar-refractivity contribution in [2.24, 2.45) is 0 Å². The first-order chi connectivity index (χ1) is 16.1. The molecule has 2 aromatic heterocycles. The Morgan fingerprint density at radius 2 is 1.97 bits per heavy atom. The van der Waals surface area contributed by atoms with Crippen LogP contribution in [0.4, 0.5) is 5.95 Å². The quantitative estimate of drug-likeness (QED) is 0.492. The van der Waals surface area contributed by atoms with Gasteiger partial charge >= 0.3 is 0 Å². The summed E-state index contributed by atoms with van der Waals surface area (Å²) in [5.41, 5.74) is 5.38. The molecule has 1 fully saturated rings. The Kier molecular flexibility index (Phi) is 7.47. The standard InChI is InChI=1S/C25H32N6O2/c1-5-33-16-20-10-18(6-7-23(20)32-4)14-31-9-8-19(15-31)24-22(21-11-26-17-27-12-21)13-28-25(29-24)30(2)3/h6-7,10-13,17,19H,5,8-9,14-16H2,1-4H3/t19-/m1/s1. The molecule has 0 unspecified atom stereocenters. The van der Waals surface area contributed by atoms with Crippen LogP contribution >= 0.6 is 0 Å². The highest BCUT2D eigenvalue weighted by atomic mass is 16.5. The van der Waals surface area contributed by atoms with E-state index in [-0.39, 0.29) is 0 Å². The number of anilines is 1. The molecule has 0 amide bonds. The monoisotopic (exact) mass is 448 g/mol. The molecule has 0 aliphatic carbocycles. The Labute approximate surface area is 195 Å². The first kappa shape index (κ1) is 23.1. The third-order valence-electron chi connectivity index (χ3n) is 5.95. The fraction of sp³-hybridized carbons (Fsp3) is 0.440. The van der Waals surface area contributed by atoms with Crippen molar-refractivity contribution in [1.29, 1.82) is 0 Å². The van der Waals surface area contributed by atoms with Crippen LogP contribution in [0.15, 0.2) is 43.1 Å². The van der Waals surface area contributed by atoms with Gasteiger partial charge in [-0.3, -0.25) is 4.90 Å². The van der Waals surface area contributed by atoms with Gasteiger partial charge in [-0.2, -0.15) is 0 Å². The highest BCUT2D eigenvalue weighted by Gasteiger charge is 2.28. The lowest BCUT2D eigenvalue weighted by Gasteiger charge is -2.20. The largest absolute Gasteiger partial charge is 0.496 e. The SMILES string of the molecule is CCOCc1cc(CN2CC[C@@H](c3nc(N(C)C)ncc3-c3cncnc3)C2)ccc1OC. The summed E-state index contributed by atoms with van der Waals surface area (Å²) in [5.74, 6) is 1.92. The topological polar surface area (TPSA) is 76.5 Å². The highest BCUT2D eigenvalue weighted by Crippen LogP contribution is 2.34. The van der Waals surface area contributed by atoms with Crippen molar-refractivity contribution in [3.8, 4) is 16.9 Å². The maximum absolute atomic E-state index is 5.63. The molecule has 0 radical (unpaired) electrons. The average molecular weight is 449 g/mol. The van der Waals surface area contributed by atoms with E-state index >= 15 is 0 Å². The summed E-state index contributed by atoms with van der Waals surface area (Å²) in [5, 5.41) is 0. The molecule has 0 bridgehead atoms. The lowest BCUT2D eigenvalue weighted by atomic mass is 9.97. The minimum absolute atomic E-state index is 0.322. The Morgan fingerprint density at radius 1 is 1.15 bits per heavy atom. The molecule has 1 saturated heterocycles. The molecular weight excluding hydrogens is 416 g/mol. The number of benzene rings is 1. The predicted molar refractivity (Wildman–Crippen MR) is 128 cm³/mol. The number of likely N-dealkylation sites (tertiary alicyclic amines) is 1. The van der Waals surface area contributed by atoms with Gasteiger partial charge in [0, 0.05) is 75.0 Å². The van der Waals surface area contributed by atoms with Crippen LogP contribution in [0.3, 0.4) is 0 Å². The van der Waals surface area contributed by atoms with Crippen LogP contribution in [0.2, 0.25) is 0 Å². The van der Waals surface area contributed by atoms with Gasteiger partial charge in [-0.1, -0.05) is 6.07 Å². The Hall–Kier alpha value is -3.10. The molecule has 33 heavy (non-hydrogen) atoms. The van der Waals surface area contributed by atoms with E-state index in [2.05, 4.69) is 32.0 Å². The summed E-state index contributed by atoms with van der Waals surface area (Å²) in [6, 6.07) is 6.38. The zero-order valence-electron chi connectivity index (χ0n) is 19.9. The lowest BCUT2D eigenvalue weighted by Crippen LogP contribution is -2.21. The second-order valence-corrected chi connectivity index (χ2v) is 8.49. The normalized spacial score (nSPS) is 16.2. The molecular formula is C25H32N6O2. The Balaban J connectivity index is 1.54. The van der Waals surface area contributed by atoms with Crippen LogP contribution < -0.4 is 9.64 Å². The van der Waals surface area contributed by atoms with Crippen molar-refractivity contribution in [1.82, 2.24) is 24.8 Å². The molecule has 0 N–H and O–H groups in total. The second-order valence-electron chi connectivity index (χ2n) is 8.49. The molecule has 1 atom stereocenters. The van der Waals surface area contributed by atoms with E-state index in [9.17, 15) is 0 Å². The summed E-state index contributed by atoms with van der Waals surface area (Å²) in [7, 11) is 5.64. The van der Waals surface area contributed by atoms with Gasteiger partial charge in [-0.05, 0) is 37.6 Å². The van der Waals surface area contributed by atoms with Crippen LogP contribution in [0.1, 0.15) is 36.1 Å². The maximum Gasteiger partial charge on any atom is 0.225 e. The van der Waals surface area contributed by atoms with Gasteiger partial charge in [0.25, 0.3) is 0 Å². The van der Waals surface area contributed by atoms with Crippen LogP contribution in [0, 0.1) is 0 Å². The van der Waals surface area contributed by atoms with Crippen molar-refractivity contribution in [3.63, 3.8) is 0 Å². The van der Waals surface area contributed by atoms with E-state index in [0.29, 0.717) is 19.1 Å². The lowest BCUT2D eigenvalue weighted by molar-refractivity contribution is 0.132. The van der Waals surface area contributed by atoms with Gasteiger partial charge < -0.3 is 14.4 Å². The second kappa shape index (κ2) is 10.7. The summed E-state index contributed by atoms with van der Waals surface area (Å²) >= 11 is 0. The summed E-state index contributed by atoms with van der Waals surface area (Å²) in [6.07, 6.45) is 8.15. The maximum atomic E-state index is 5.63. The molecule has 174 valence electrons. The summed E-state index contributed by atoms with van der Waals surface area (Å²) < 4.78 is 11.1. The third kappa shape index (κ3) is 5.46. The average Bonchev–Trinajstić information content (AvgIpc) is 3.31. The van der Waals surface area contributed by atoms with Crippen molar-refractivity contribution in [3.05, 3.63) is 59.9 Å². The van der Waals surface area contributed by atoms with Gasteiger partial charge in [-0.25, -0.2) is 19.9 Å². The van der Waals surface area contributed by atoms with Crippen LogP contribution in [0.25, 0.3) is 11.1 Å². The van der Waals surface area contributed by atoms with Gasteiger partial charge in [0.15, 0.2) is 0 Å². The fourth-order valence-electron chi connectivity index (χ4n) is 4.29. The van der Waals surface area contributed by atoms with Crippen LogP contribution in [-0.4, -0.2) is 65.7 Å². The van der Waals surface area contributed by atoms with Gasteiger partial charge in [0.05, 0.1) is 19.4 Å². The van der Waals surface area contributed by atoms with E-state index < -0.39 is 0 Å². The van der Waals surface area contributed by atoms with Crippen molar-refractivity contribution in [2.75, 3.05) is 45.8 Å².